The van der Waals surface area contributed by atoms with Crippen molar-refractivity contribution in [3.63, 3.8) is 0 Å². The Hall–Kier alpha value is -2.69. The second kappa shape index (κ2) is 12.7. The molecule has 166 valence electrons. The number of carbonyl (C=O) groups is 5. The normalized spacial score (nSPS) is 15.9. The van der Waals surface area contributed by atoms with Crippen molar-refractivity contribution in [2.75, 3.05) is 6.54 Å². The van der Waals surface area contributed by atoms with Gasteiger partial charge in [0, 0.05) is 0 Å². The number of nitrogens with two attached hydrogens (primary N) is 1. The molecule has 7 N–H and O–H groups in total. The minimum atomic E-state index is -1.32. The van der Waals surface area contributed by atoms with Crippen molar-refractivity contribution < 1.29 is 34.2 Å². The molecule has 0 bridgehead atoms. The summed E-state index contributed by atoms with van der Waals surface area (Å²) in [4.78, 5) is 58.5. The zero-order valence-corrected chi connectivity index (χ0v) is 17.2. The second-order valence-electron chi connectivity index (χ2n) is 7.06. The molecule has 0 aromatic carbocycles. The van der Waals surface area contributed by atoms with E-state index in [-0.39, 0.29) is 11.8 Å². The average molecular weight is 416 g/mol. The van der Waals surface area contributed by atoms with Crippen molar-refractivity contribution in [2.45, 2.75) is 65.1 Å². The van der Waals surface area contributed by atoms with E-state index in [9.17, 15) is 29.1 Å². The largest absolute Gasteiger partial charge is 0.481 e. The van der Waals surface area contributed by atoms with Gasteiger partial charge in [0.05, 0.1) is 19.0 Å². The van der Waals surface area contributed by atoms with Crippen LogP contribution in [0.1, 0.15) is 47.0 Å². The average Bonchev–Trinajstić information content (AvgIpc) is 2.65. The first kappa shape index (κ1) is 26.3. The Morgan fingerprint density at radius 1 is 0.862 bits per heavy atom. The summed E-state index contributed by atoms with van der Waals surface area (Å²) in [5.41, 5.74) is 5.51. The lowest BCUT2D eigenvalue weighted by Crippen LogP contribution is -2.56. The van der Waals surface area contributed by atoms with Crippen LogP contribution in [0.4, 0.5) is 0 Å². The molecule has 11 heteroatoms. The predicted molar refractivity (Wildman–Crippen MR) is 104 cm³/mol. The van der Waals surface area contributed by atoms with Crippen molar-refractivity contribution in [2.24, 2.45) is 17.6 Å². The molecular weight excluding hydrogens is 384 g/mol. The van der Waals surface area contributed by atoms with Crippen LogP contribution in [-0.2, 0) is 24.0 Å². The van der Waals surface area contributed by atoms with Gasteiger partial charge in [-0.1, -0.05) is 40.5 Å². The Morgan fingerprint density at radius 3 is 1.83 bits per heavy atom. The maximum Gasteiger partial charge on any atom is 0.326 e. The van der Waals surface area contributed by atoms with Crippen molar-refractivity contribution in [3.05, 3.63) is 0 Å². The fraction of sp³-hybridized carbons (Fsp3) is 0.722. The number of carboxylic acids is 2. The maximum absolute atomic E-state index is 12.5. The first-order valence-electron chi connectivity index (χ1n) is 9.52. The van der Waals surface area contributed by atoms with Crippen molar-refractivity contribution in [3.8, 4) is 0 Å². The summed E-state index contributed by atoms with van der Waals surface area (Å²) in [7, 11) is 0. The molecule has 0 aliphatic carbocycles. The molecule has 0 fully saturated rings. The van der Waals surface area contributed by atoms with Gasteiger partial charge in [-0.3, -0.25) is 19.2 Å². The molecule has 0 radical (unpaired) electrons. The molecule has 0 saturated carbocycles. The molecule has 0 aliphatic rings. The first-order valence-corrected chi connectivity index (χ1v) is 9.52. The molecule has 29 heavy (non-hydrogen) atoms. The van der Waals surface area contributed by atoms with E-state index in [0.717, 1.165) is 0 Å². The van der Waals surface area contributed by atoms with Crippen LogP contribution in [0.3, 0.4) is 0 Å². The fourth-order valence-electron chi connectivity index (χ4n) is 2.43. The standard InChI is InChI=1S/C18H32N4O7/c1-5-9(3)14(22-16(26)11(19)7-13(24)25)17(27)20-8-12(23)21-15(18(28)29)10(4)6-2/h9-11,14-15H,5-8,19H2,1-4H3,(H,20,27)(H,21,23)(H,22,26)(H,24,25)(H,28,29). The molecular formula is C18H32N4O7. The van der Waals surface area contributed by atoms with E-state index in [0.29, 0.717) is 12.8 Å². The van der Waals surface area contributed by atoms with Crippen LogP contribution in [0.15, 0.2) is 0 Å². The minimum absolute atomic E-state index is 0.296. The number of rotatable bonds is 13. The van der Waals surface area contributed by atoms with Crippen LogP contribution in [0, 0.1) is 11.8 Å². The number of hydrogen-bond donors (Lipinski definition) is 6. The van der Waals surface area contributed by atoms with E-state index >= 15 is 0 Å². The van der Waals surface area contributed by atoms with E-state index in [2.05, 4.69) is 16.0 Å². The summed E-state index contributed by atoms with van der Waals surface area (Å²) in [6.07, 6.45) is 0.478. The number of amides is 3. The number of aliphatic carboxylic acids is 2. The lowest BCUT2D eigenvalue weighted by atomic mass is 9.97. The Balaban J connectivity index is 4.94. The van der Waals surface area contributed by atoms with Gasteiger partial charge in [-0.25, -0.2) is 4.79 Å². The summed E-state index contributed by atoms with van der Waals surface area (Å²) < 4.78 is 0. The number of hydrogen-bond acceptors (Lipinski definition) is 6. The maximum atomic E-state index is 12.5. The lowest BCUT2D eigenvalue weighted by molar-refractivity contribution is -0.143. The highest BCUT2D eigenvalue weighted by molar-refractivity contribution is 5.93. The number of carbonyl (C=O) groups excluding carboxylic acids is 3. The number of nitrogens with one attached hydrogen (secondary N) is 3. The van der Waals surface area contributed by atoms with Gasteiger partial charge in [-0.15, -0.1) is 0 Å². The van der Waals surface area contributed by atoms with Gasteiger partial charge in [0.15, 0.2) is 0 Å². The zero-order chi connectivity index (χ0) is 22.7. The van der Waals surface area contributed by atoms with Crippen LogP contribution < -0.4 is 21.7 Å². The van der Waals surface area contributed by atoms with Gasteiger partial charge in [0.2, 0.25) is 17.7 Å². The number of carboxylic acid groups (broad SMARTS) is 2. The van der Waals surface area contributed by atoms with Gasteiger partial charge in [0.25, 0.3) is 0 Å². The third-order valence-electron chi connectivity index (χ3n) is 4.74. The Bertz CT molecular complexity index is 611. The van der Waals surface area contributed by atoms with E-state index in [1.165, 1.54) is 0 Å². The van der Waals surface area contributed by atoms with Crippen molar-refractivity contribution in [1.82, 2.24) is 16.0 Å². The highest BCUT2D eigenvalue weighted by Crippen LogP contribution is 2.09. The highest BCUT2D eigenvalue weighted by atomic mass is 16.4. The SMILES string of the molecule is CCC(C)C(NC(=O)CNC(=O)C(NC(=O)C(N)CC(=O)O)C(C)CC)C(=O)O. The summed E-state index contributed by atoms with van der Waals surface area (Å²) in [6, 6.07) is -3.42. The molecule has 0 aromatic heterocycles. The smallest absolute Gasteiger partial charge is 0.326 e. The molecule has 0 rings (SSSR count). The predicted octanol–water partition coefficient (Wildman–Crippen LogP) is -0.949. The highest BCUT2D eigenvalue weighted by Gasteiger charge is 2.30. The molecule has 0 aliphatic heterocycles. The second-order valence-corrected chi connectivity index (χ2v) is 7.06. The van der Waals surface area contributed by atoms with Gasteiger partial charge in [-0.05, 0) is 11.8 Å². The topological polar surface area (TPSA) is 188 Å². The lowest BCUT2D eigenvalue weighted by Gasteiger charge is -2.25. The molecule has 0 heterocycles. The van der Waals surface area contributed by atoms with Gasteiger partial charge < -0.3 is 31.9 Å². The van der Waals surface area contributed by atoms with E-state index < -0.39 is 60.8 Å². The summed E-state index contributed by atoms with van der Waals surface area (Å²) >= 11 is 0. The molecule has 5 atom stereocenters. The summed E-state index contributed by atoms with van der Waals surface area (Å²) in [5, 5.41) is 25.1. The van der Waals surface area contributed by atoms with Crippen LogP contribution in [0.2, 0.25) is 0 Å². The van der Waals surface area contributed by atoms with E-state index in [4.69, 9.17) is 10.8 Å². The van der Waals surface area contributed by atoms with Crippen LogP contribution in [0.25, 0.3) is 0 Å². The zero-order valence-electron chi connectivity index (χ0n) is 17.2. The molecule has 5 unspecified atom stereocenters. The molecule has 11 nitrogen and oxygen atoms in total. The molecule has 3 amide bonds. The minimum Gasteiger partial charge on any atom is -0.481 e. The first-order chi connectivity index (χ1) is 13.4. The molecule has 0 saturated heterocycles. The third kappa shape index (κ3) is 9.37. The third-order valence-corrected chi connectivity index (χ3v) is 4.74. The van der Waals surface area contributed by atoms with E-state index in [1.54, 1.807) is 27.7 Å². The van der Waals surface area contributed by atoms with Crippen LogP contribution >= 0.6 is 0 Å². The van der Waals surface area contributed by atoms with Gasteiger partial charge in [0.1, 0.15) is 12.1 Å². The van der Waals surface area contributed by atoms with Gasteiger partial charge >= 0.3 is 11.9 Å². The molecule has 0 aromatic rings. The van der Waals surface area contributed by atoms with Crippen LogP contribution in [-0.4, -0.2) is 64.5 Å². The summed E-state index contributed by atoms with van der Waals surface area (Å²) in [6.45, 7) is 6.51. The fourth-order valence-corrected chi connectivity index (χ4v) is 2.43. The molecule has 0 spiro atoms. The Kier molecular flexibility index (Phi) is 11.5. The monoisotopic (exact) mass is 416 g/mol. The Morgan fingerprint density at radius 2 is 1.38 bits per heavy atom. The Labute approximate surface area is 169 Å². The van der Waals surface area contributed by atoms with Crippen molar-refractivity contribution >= 4 is 29.7 Å². The van der Waals surface area contributed by atoms with Crippen LogP contribution in [0.5, 0.6) is 0 Å². The van der Waals surface area contributed by atoms with Gasteiger partial charge in [-0.2, -0.15) is 0 Å². The quantitative estimate of drug-likeness (QED) is 0.221. The van der Waals surface area contributed by atoms with E-state index in [1.807, 2.05) is 0 Å². The summed E-state index contributed by atoms with van der Waals surface area (Å²) in [5.74, 6) is -5.15. The van der Waals surface area contributed by atoms with Crippen molar-refractivity contribution in [1.29, 1.82) is 0 Å².